The summed E-state index contributed by atoms with van der Waals surface area (Å²) in [5.41, 5.74) is 0.549. The van der Waals surface area contributed by atoms with E-state index in [9.17, 15) is 14.0 Å². The number of carbonyl (C=O) groups excluding carboxylic acids is 2. The van der Waals surface area contributed by atoms with Crippen molar-refractivity contribution < 1.29 is 18.7 Å². The standard InChI is InChI=1S/C21H30FNO3/c1-15(20(25)26-21(2,3)4)12-19(24)23-11-5-6-17(14-23)13-16-7-9-18(22)10-8-16/h7-10,15,17H,5-6,11-14H2,1-4H3/t15-,17-/m0/s1. The van der Waals surface area contributed by atoms with Crippen molar-refractivity contribution in [1.82, 2.24) is 4.90 Å². The van der Waals surface area contributed by atoms with Gasteiger partial charge in [0.1, 0.15) is 11.4 Å². The number of hydrogen-bond acceptors (Lipinski definition) is 3. The molecule has 1 aliphatic rings. The van der Waals surface area contributed by atoms with Gasteiger partial charge in [0.25, 0.3) is 0 Å². The predicted molar refractivity (Wildman–Crippen MR) is 99.0 cm³/mol. The van der Waals surface area contributed by atoms with Crippen LogP contribution < -0.4 is 0 Å². The van der Waals surface area contributed by atoms with Gasteiger partial charge < -0.3 is 9.64 Å². The molecule has 0 radical (unpaired) electrons. The Balaban J connectivity index is 1.86. The van der Waals surface area contributed by atoms with Gasteiger partial charge in [0, 0.05) is 19.5 Å². The number of ether oxygens (including phenoxy) is 1. The molecule has 1 aliphatic heterocycles. The number of benzene rings is 1. The molecule has 0 unspecified atom stereocenters. The molecule has 1 saturated heterocycles. The third-order valence-electron chi connectivity index (χ3n) is 4.60. The molecule has 1 aromatic rings. The van der Waals surface area contributed by atoms with Crippen LogP contribution in [-0.4, -0.2) is 35.5 Å². The zero-order valence-corrected chi connectivity index (χ0v) is 16.3. The number of carbonyl (C=O) groups is 2. The normalized spacial score (nSPS) is 19.1. The highest BCUT2D eigenvalue weighted by atomic mass is 19.1. The molecule has 1 heterocycles. The number of rotatable bonds is 5. The first kappa shape index (κ1) is 20.4. The fourth-order valence-corrected chi connectivity index (χ4v) is 3.29. The first-order chi connectivity index (χ1) is 12.1. The van der Waals surface area contributed by atoms with Crippen LogP contribution in [0.25, 0.3) is 0 Å². The van der Waals surface area contributed by atoms with Crippen molar-refractivity contribution >= 4 is 11.9 Å². The van der Waals surface area contributed by atoms with Gasteiger partial charge in [-0.25, -0.2) is 4.39 Å². The van der Waals surface area contributed by atoms with Crippen LogP contribution in [-0.2, 0) is 20.7 Å². The van der Waals surface area contributed by atoms with Gasteiger partial charge in [0.15, 0.2) is 0 Å². The fraction of sp³-hybridized carbons (Fsp3) is 0.619. The highest BCUT2D eigenvalue weighted by molar-refractivity contribution is 5.83. The third kappa shape index (κ3) is 6.43. The number of hydrogen-bond donors (Lipinski definition) is 0. The second-order valence-corrected chi connectivity index (χ2v) is 8.32. The number of esters is 1. The van der Waals surface area contributed by atoms with Gasteiger partial charge in [-0.2, -0.15) is 0 Å². The Morgan fingerprint density at radius 2 is 1.92 bits per heavy atom. The topological polar surface area (TPSA) is 46.6 Å². The molecule has 5 heteroatoms. The molecule has 0 aliphatic carbocycles. The van der Waals surface area contributed by atoms with E-state index in [-0.39, 0.29) is 24.1 Å². The van der Waals surface area contributed by atoms with Crippen LogP contribution in [0.5, 0.6) is 0 Å². The molecule has 0 saturated carbocycles. The molecule has 26 heavy (non-hydrogen) atoms. The van der Waals surface area contributed by atoms with E-state index in [1.807, 2.05) is 25.7 Å². The first-order valence-corrected chi connectivity index (χ1v) is 9.39. The lowest BCUT2D eigenvalue weighted by Crippen LogP contribution is -2.41. The number of nitrogens with zero attached hydrogens (tertiary/aromatic N) is 1. The summed E-state index contributed by atoms with van der Waals surface area (Å²) in [6, 6.07) is 6.56. The average molecular weight is 363 g/mol. The molecule has 144 valence electrons. The zero-order valence-electron chi connectivity index (χ0n) is 16.3. The smallest absolute Gasteiger partial charge is 0.309 e. The molecule has 1 fully saturated rings. The van der Waals surface area contributed by atoms with Crippen molar-refractivity contribution in [2.24, 2.45) is 11.8 Å². The highest BCUT2D eigenvalue weighted by Crippen LogP contribution is 2.23. The van der Waals surface area contributed by atoms with Gasteiger partial charge in [-0.3, -0.25) is 9.59 Å². The molecule has 2 atom stereocenters. The van der Waals surface area contributed by atoms with Gasteiger partial charge in [0.2, 0.25) is 5.91 Å². The maximum atomic E-state index is 13.0. The SMILES string of the molecule is C[C@@H](CC(=O)N1CCC[C@@H](Cc2ccc(F)cc2)C1)C(=O)OC(C)(C)C. The monoisotopic (exact) mass is 363 g/mol. The molecular formula is C21H30FNO3. The summed E-state index contributed by atoms with van der Waals surface area (Å²) < 4.78 is 18.4. The summed E-state index contributed by atoms with van der Waals surface area (Å²) >= 11 is 0. The number of piperidine rings is 1. The van der Waals surface area contributed by atoms with E-state index in [1.165, 1.54) is 12.1 Å². The average Bonchev–Trinajstić information content (AvgIpc) is 2.55. The molecular weight excluding hydrogens is 333 g/mol. The Hall–Kier alpha value is -1.91. The van der Waals surface area contributed by atoms with Crippen LogP contribution in [0.15, 0.2) is 24.3 Å². The Labute approximate surface area is 155 Å². The number of likely N-dealkylation sites (tertiary alicyclic amines) is 1. The van der Waals surface area contributed by atoms with E-state index in [1.54, 1.807) is 19.1 Å². The van der Waals surface area contributed by atoms with Gasteiger partial charge in [-0.1, -0.05) is 19.1 Å². The fourth-order valence-electron chi connectivity index (χ4n) is 3.29. The van der Waals surface area contributed by atoms with Crippen LogP contribution in [0.3, 0.4) is 0 Å². The highest BCUT2D eigenvalue weighted by Gasteiger charge is 2.28. The maximum absolute atomic E-state index is 13.0. The summed E-state index contributed by atoms with van der Waals surface area (Å²) in [6.07, 6.45) is 3.03. The van der Waals surface area contributed by atoms with Crippen LogP contribution in [0, 0.1) is 17.7 Å². The Morgan fingerprint density at radius 1 is 1.27 bits per heavy atom. The summed E-state index contributed by atoms with van der Waals surface area (Å²) in [5, 5.41) is 0. The molecule has 0 aromatic heterocycles. The van der Waals surface area contributed by atoms with Crippen molar-refractivity contribution in [3.05, 3.63) is 35.6 Å². The Morgan fingerprint density at radius 3 is 2.54 bits per heavy atom. The van der Waals surface area contributed by atoms with Crippen molar-refractivity contribution in [2.75, 3.05) is 13.1 Å². The van der Waals surface area contributed by atoms with Gasteiger partial charge >= 0.3 is 5.97 Å². The summed E-state index contributed by atoms with van der Waals surface area (Å²) in [7, 11) is 0. The minimum atomic E-state index is -0.542. The van der Waals surface area contributed by atoms with E-state index < -0.39 is 11.5 Å². The lowest BCUT2D eigenvalue weighted by molar-refractivity contribution is -0.161. The quantitative estimate of drug-likeness (QED) is 0.744. The third-order valence-corrected chi connectivity index (χ3v) is 4.60. The van der Waals surface area contributed by atoms with E-state index in [2.05, 4.69) is 0 Å². The van der Waals surface area contributed by atoms with E-state index in [0.717, 1.165) is 31.4 Å². The minimum Gasteiger partial charge on any atom is -0.460 e. The molecule has 1 amide bonds. The van der Waals surface area contributed by atoms with Crippen molar-refractivity contribution in [3.8, 4) is 0 Å². The Bertz CT molecular complexity index is 621. The van der Waals surface area contributed by atoms with Crippen LogP contribution in [0.4, 0.5) is 4.39 Å². The van der Waals surface area contributed by atoms with E-state index in [0.29, 0.717) is 12.5 Å². The molecule has 0 N–H and O–H groups in total. The van der Waals surface area contributed by atoms with Crippen molar-refractivity contribution in [3.63, 3.8) is 0 Å². The molecule has 1 aromatic carbocycles. The number of halogens is 1. The van der Waals surface area contributed by atoms with Gasteiger partial charge in [-0.05, 0) is 63.6 Å². The maximum Gasteiger partial charge on any atom is 0.309 e. The summed E-state index contributed by atoms with van der Waals surface area (Å²) in [4.78, 5) is 26.5. The lowest BCUT2D eigenvalue weighted by Gasteiger charge is -2.33. The second kappa shape index (κ2) is 8.65. The minimum absolute atomic E-state index is 0.00663. The first-order valence-electron chi connectivity index (χ1n) is 9.39. The van der Waals surface area contributed by atoms with Crippen LogP contribution >= 0.6 is 0 Å². The molecule has 0 spiro atoms. The molecule has 4 nitrogen and oxygen atoms in total. The van der Waals surface area contributed by atoms with Gasteiger partial charge in [-0.15, -0.1) is 0 Å². The molecule has 2 rings (SSSR count). The van der Waals surface area contributed by atoms with Crippen molar-refractivity contribution in [2.45, 2.75) is 59.0 Å². The van der Waals surface area contributed by atoms with Crippen LogP contribution in [0.1, 0.15) is 52.5 Å². The largest absolute Gasteiger partial charge is 0.460 e. The summed E-state index contributed by atoms with van der Waals surface area (Å²) in [5.74, 6) is -0.627. The van der Waals surface area contributed by atoms with E-state index >= 15 is 0 Å². The molecule has 0 bridgehead atoms. The van der Waals surface area contributed by atoms with Crippen LogP contribution in [0.2, 0.25) is 0 Å². The predicted octanol–water partition coefficient (Wildman–Crippen LogP) is 3.97. The van der Waals surface area contributed by atoms with Crippen molar-refractivity contribution in [1.29, 1.82) is 0 Å². The van der Waals surface area contributed by atoms with Gasteiger partial charge in [0.05, 0.1) is 5.92 Å². The van der Waals surface area contributed by atoms with E-state index in [4.69, 9.17) is 4.74 Å². The second-order valence-electron chi connectivity index (χ2n) is 8.32. The zero-order chi connectivity index (χ0) is 19.3. The number of amides is 1. The Kier molecular flexibility index (Phi) is 6.79. The lowest BCUT2D eigenvalue weighted by atomic mass is 9.91. The summed E-state index contributed by atoms with van der Waals surface area (Å²) in [6.45, 7) is 8.64.